The zero-order valence-corrected chi connectivity index (χ0v) is 11.5. The molecule has 102 valence electrons. The molecular weight excluding hydrogens is 228 g/mol. The molecule has 0 atom stereocenters. The van der Waals surface area contributed by atoms with Gasteiger partial charge in [-0.3, -0.25) is 0 Å². The molecule has 0 spiro atoms. The van der Waals surface area contributed by atoms with E-state index in [2.05, 4.69) is 10.3 Å². The summed E-state index contributed by atoms with van der Waals surface area (Å²) >= 11 is 0. The molecule has 2 rings (SSSR count). The summed E-state index contributed by atoms with van der Waals surface area (Å²) in [5.74, 6) is 1.59. The maximum absolute atomic E-state index is 10.5. The van der Waals surface area contributed by atoms with Gasteiger partial charge >= 0.3 is 0 Å². The van der Waals surface area contributed by atoms with Gasteiger partial charge < -0.3 is 14.8 Å². The third kappa shape index (κ3) is 3.56. The van der Waals surface area contributed by atoms with Crippen molar-refractivity contribution in [3.8, 4) is 0 Å². The zero-order chi connectivity index (χ0) is 13.0. The Morgan fingerprint density at radius 2 is 1.89 bits per heavy atom. The van der Waals surface area contributed by atoms with Crippen LogP contribution in [0, 0.1) is 13.8 Å². The van der Waals surface area contributed by atoms with Crippen LogP contribution in [0.3, 0.4) is 0 Å². The van der Waals surface area contributed by atoms with Crippen LogP contribution in [0.15, 0.2) is 4.42 Å². The molecule has 1 heterocycles. The van der Waals surface area contributed by atoms with Gasteiger partial charge in [-0.2, -0.15) is 0 Å². The fourth-order valence-corrected chi connectivity index (χ4v) is 2.58. The summed E-state index contributed by atoms with van der Waals surface area (Å²) < 4.78 is 5.51. The maximum Gasteiger partial charge on any atom is 0.208 e. The molecule has 0 radical (unpaired) electrons. The molecule has 0 bridgehead atoms. The molecule has 0 aromatic carbocycles. The van der Waals surface area contributed by atoms with Gasteiger partial charge in [-0.25, -0.2) is 4.98 Å². The lowest BCUT2D eigenvalue weighted by Gasteiger charge is -2.26. The number of oxazole rings is 1. The summed E-state index contributed by atoms with van der Waals surface area (Å²) in [6.45, 7) is 5.09. The van der Waals surface area contributed by atoms with E-state index in [-0.39, 0.29) is 0 Å². The summed E-state index contributed by atoms with van der Waals surface area (Å²) in [7, 11) is 0. The van der Waals surface area contributed by atoms with Crippen LogP contribution in [0.2, 0.25) is 0 Å². The van der Waals surface area contributed by atoms with E-state index >= 15 is 0 Å². The van der Waals surface area contributed by atoms with Crippen molar-refractivity contribution in [3.05, 3.63) is 17.3 Å². The maximum atomic E-state index is 10.5. The first-order valence-corrected chi connectivity index (χ1v) is 6.95. The first-order valence-electron chi connectivity index (χ1n) is 6.95. The Balaban J connectivity index is 1.80. The zero-order valence-electron chi connectivity index (χ0n) is 11.5. The number of aliphatic hydroxyl groups is 1. The quantitative estimate of drug-likeness (QED) is 0.808. The molecule has 1 aliphatic rings. The van der Waals surface area contributed by atoms with Crippen molar-refractivity contribution in [2.75, 3.05) is 6.54 Å². The highest BCUT2D eigenvalue weighted by Gasteiger charge is 2.27. The number of nitrogens with one attached hydrogen (secondary N) is 1. The lowest BCUT2D eigenvalue weighted by molar-refractivity contribution is 0.0246. The Kier molecular flexibility index (Phi) is 4.40. The van der Waals surface area contributed by atoms with Crippen molar-refractivity contribution in [2.45, 2.75) is 64.5 Å². The monoisotopic (exact) mass is 252 g/mol. The summed E-state index contributed by atoms with van der Waals surface area (Å²) in [6.07, 6.45) is 6.58. The Morgan fingerprint density at radius 1 is 1.22 bits per heavy atom. The molecular formula is C14H24N2O2. The molecule has 1 aromatic rings. The summed E-state index contributed by atoms with van der Waals surface area (Å²) in [5, 5.41) is 13.7. The van der Waals surface area contributed by atoms with Gasteiger partial charge in [0.15, 0.2) is 0 Å². The van der Waals surface area contributed by atoms with Crippen LogP contribution in [0.5, 0.6) is 0 Å². The Bertz CT molecular complexity index is 360. The van der Waals surface area contributed by atoms with Crippen molar-refractivity contribution in [2.24, 2.45) is 0 Å². The van der Waals surface area contributed by atoms with E-state index in [9.17, 15) is 5.11 Å². The van der Waals surface area contributed by atoms with Crippen molar-refractivity contribution in [1.82, 2.24) is 10.3 Å². The van der Waals surface area contributed by atoms with E-state index in [0.717, 1.165) is 37.1 Å². The van der Waals surface area contributed by atoms with Gasteiger partial charge in [-0.05, 0) is 26.7 Å². The van der Waals surface area contributed by atoms with Crippen LogP contribution < -0.4 is 5.32 Å². The SMILES string of the molecule is Cc1nc(CNCC2(O)CCCCCC2)oc1C. The van der Waals surface area contributed by atoms with Crippen molar-refractivity contribution in [1.29, 1.82) is 0 Å². The van der Waals surface area contributed by atoms with Crippen molar-refractivity contribution < 1.29 is 9.52 Å². The highest BCUT2D eigenvalue weighted by atomic mass is 16.4. The molecule has 1 fully saturated rings. The van der Waals surface area contributed by atoms with E-state index in [4.69, 9.17) is 4.42 Å². The van der Waals surface area contributed by atoms with Crippen LogP contribution in [0.1, 0.15) is 55.9 Å². The smallest absolute Gasteiger partial charge is 0.208 e. The number of nitrogens with zero attached hydrogens (tertiary/aromatic N) is 1. The second-order valence-electron chi connectivity index (χ2n) is 5.49. The van der Waals surface area contributed by atoms with Crippen LogP contribution in [0.4, 0.5) is 0 Å². The van der Waals surface area contributed by atoms with Crippen LogP contribution in [0.25, 0.3) is 0 Å². The molecule has 18 heavy (non-hydrogen) atoms. The Labute approximate surface area is 109 Å². The number of hydrogen-bond acceptors (Lipinski definition) is 4. The lowest BCUT2D eigenvalue weighted by Crippen LogP contribution is -2.39. The van der Waals surface area contributed by atoms with Gasteiger partial charge in [0.2, 0.25) is 5.89 Å². The Morgan fingerprint density at radius 3 is 2.44 bits per heavy atom. The van der Waals surface area contributed by atoms with E-state index in [0.29, 0.717) is 19.0 Å². The standard InChI is InChI=1S/C14H24N2O2/c1-11-12(2)18-13(16-11)9-15-10-14(17)7-5-3-4-6-8-14/h15,17H,3-10H2,1-2H3. The first kappa shape index (κ1) is 13.6. The van der Waals surface area contributed by atoms with E-state index in [1.807, 2.05) is 13.8 Å². The summed E-state index contributed by atoms with van der Waals surface area (Å²) in [4.78, 5) is 4.32. The minimum absolute atomic E-state index is 0.535. The highest BCUT2D eigenvalue weighted by molar-refractivity contribution is 5.05. The van der Waals surface area contributed by atoms with Crippen LogP contribution in [-0.4, -0.2) is 22.2 Å². The average molecular weight is 252 g/mol. The molecule has 1 aliphatic carbocycles. The third-order valence-electron chi connectivity index (χ3n) is 3.84. The van der Waals surface area contributed by atoms with Crippen molar-refractivity contribution >= 4 is 0 Å². The van der Waals surface area contributed by atoms with Crippen molar-refractivity contribution in [3.63, 3.8) is 0 Å². The fourth-order valence-electron chi connectivity index (χ4n) is 2.58. The van der Waals surface area contributed by atoms with Gasteiger partial charge in [0.25, 0.3) is 0 Å². The normalized spacial score (nSPS) is 19.7. The van der Waals surface area contributed by atoms with Crippen LogP contribution in [-0.2, 0) is 6.54 Å². The minimum Gasteiger partial charge on any atom is -0.444 e. The molecule has 0 saturated heterocycles. The summed E-state index contributed by atoms with van der Waals surface area (Å²) in [6, 6.07) is 0. The van der Waals surface area contributed by atoms with E-state index in [1.165, 1.54) is 12.8 Å². The van der Waals surface area contributed by atoms with Crippen LogP contribution >= 0.6 is 0 Å². The Hall–Kier alpha value is -0.870. The second-order valence-corrected chi connectivity index (χ2v) is 5.49. The topological polar surface area (TPSA) is 58.3 Å². The van der Waals surface area contributed by atoms with Gasteiger partial charge in [0.05, 0.1) is 17.8 Å². The third-order valence-corrected chi connectivity index (χ3v) is 3.84. The molecule has 4 heteroatoms. The summed E-state index contributed by atoms with van der Waals surface area (Å²) in [5.41, 5.74) is 0.410. The van der Waals surface area contributed by atoms with E-state index in [1.54, 1.807) is 0 Å². The molecule has 0 unspecified atom stereocenters. The van der Waals surface area contributed by atoms with Gasteiger partial charge in [0, 0.05) is 6.54 Å². The lowest BCUT2D eigenvalue weighted by atomic mass is 9.94. The number of aromatic nitrogens is 1. The van der Waals surface area contributed by atoms with Gasteiger partial charge in [0.1, 0.15) is 5.76 Å². The van der Waals surface area contributed by atoms with Gasteiger partial charge in [-0.15, -0.1) is 0 Å². The average Bonchev–Trinajstić information content (AvgIpc) is 2.52. The largest absolute Gasteiger partial charge is 0.444 e. The van der Waals surface area contributed by atoms with E-state index < -0.39 is 5.60 Å². The number of rotatable bonds is 4. The molecule has 1 saturated carbocycles. The molecule has 0 amide bonds. The molecule has 4 nitrogen and oxygen atoms in total. The number of hydrogen-bond donors (Lipinski definition) is 2. The molecule has 1 aromatic heterocycles. The molecule has 2 N–H and O–H groups in total. The second kappa shape index (κ2) is 5.85. The predicted octanol–water partition coefficient (Wildman–Crippen LogP) is 2.47. The molecule has 0 aliphatic heterocycles. The minimum atomic E-state index is -0.535. The number of aryl methyl sites for hydroxylation is 2. The van der Waals surface area contributed by atoms with Gasteiger partial charge in [-0.1, -0.05) is 25.7 Å². The highest BCUT2D eigenvalue weighted by Crippen LogP contribution is 2.26. The first-order chi connectivity index (χ1) is 8.59. The fraction of sp³-hybridized carbons (Fsp3) is 0.786. The predicted molar refractivity (Wildman–Crippen MR) is 70.3 cm³/mol.